The Hall–Kier alpha value is -2.16. The highest BCUT2D eigenvalue weighted by Crippen LogP contribution is 2.23. The third-order valence-corrected chi connectivity index (χ3v) is 4.15. The Labute approximate surface area is 145 Å². The van der Waals surface area contributed by atoms with Crippen molar-refractivity contribution >= 4 is 34.2 Å². The lowest BCUT2D eigenvalue weighted by Gasteiger charge is -2.06. The van der Waals surface area contributed by atoms with Gasteiger partial charge in [0, 0.05) is 10.8 Å². The summed E-state index contributed by atoms with van der Waals surface area (Å²) in [7, 11) is 0. The quantitative estimate of drug-likeness (QED) is 0.368. The molecule has 2 aromatic rings. The Morgan fingerprint density at radius 2 is 2.00 bits per heavy atom. The summed E-state index contributed by atoms with van der Waals surface area (Å²) in [4.78, 5) is 4.44. The molecule has 0 fully saturated rings. The lowest BCUT2D eigenvalue weighted by molar-refractivity contribution is 0.340. The maximum atomic E-state index is 8.88. The highest BCUT2D eigenvalue weighted by molar-refractivity contribution is 8.13. The molecule has 0 aliphatic heterocycles. The molecule has 2 rings (SSSR count). The molecule has 0 radical (unpaired) electrons. The number of rotatable bonds is 5. The molecule has 0 saturated heterocycles. The molecular formula is C17H16ClN3OS. The fraction of sp³-hybridized carbons (Fsp3) is 0.176. The second kappa shape index (κ2) is 9.09. The summed E-state index contributed by atoms with van der Waals surface area (Å²) < 4.78 is 5.40. The van der Waals surface area contributed by atoms with E-state index in [1.165, 1.54) is 11.8 Å². The van der Waals surface area contributed by atoms with Crippen molar-refractivity contribution in [2.45, 2.75) is 12.7 Å². The zero-order valence-corrected chi connectivity index (χ0v) is 14.2. The Morgan fingerprint density at radius 3 is 2.65 bits per heavy atom. The van der Waals surface area contributed by atoms with Crippen molar-refractivity contribution in [3.05, 3.63) is 59.1 Å². The van der Waals surface area contributed by atoms with E-state index < -0.39 is 0 Å². The van der Waals surface area contributed by atoms with Crippen LogP contribution >= 0.6 is 23.4 Å². The molecule has 0 amide bonds. The van der Waals surface area contributed by atoms with Gasteiger partial charge in [-0.05, 0) is 42.8 Å². The van der Waals surface area contributed by atoms with Crippen LogP contribution in [0, 0.1) is 11.5 Å². The molecular weight excluding hydrogens is 330 g/mol. The number of thioether (sulfide) groups is 1. The number of hydrogen-bond acceptors (Lipinski definition) is 4. The molecule has 23 heavy (non-hydrogen) atoms. The topological polar surface area (TPSA) is 57.4 Å². The van der Waals surface area contributed by atoms with E-state index in [0.717, 1.165) is 17.0 Å². The number of aliphatic imine (C=N–C) groups is 1. The first-order chi connectivity index (χ1) is 11.2. The fourth-order valence-corrected chi connectivity index (χ4v) is 2.92. The molecule has 1 N–H and O–H groups in total. The lowest BCUT2D eigenvalue weighted by Crippen LogP contribution is -2.13. The van der Waals surface area contributed by atoms with E-state index in [2.05, 4.69) is 10.3 Å². The van der Waals surface area contributed by atoms with Gasteiger partial charge in [-0.15, -0.1) is 0 Å². The van der Waals surface area contributed by atoms with Gasteiger partial charge < -0.3 is 4.74 Å². The number of nitrogens with zero attached hydrogens (tertiary/aromatic N) is 2. The number of benzene rings is 2. The van der Waals surface area contributed by atoms with Gasteiger partial charge in [0.25, 0.3) is 0 Å². The smallest absolute Gasteiger partial charge is 0.183 e. The highest BCUT2D eigenvalue weighted by atomic mass is 35.5. The van der Waals surface area contributed by atoms with Crippen LogP contribution in [-0.4, -0.2) is 11.8 Å². The first-order valence-electron chi connectivity index (χ1n) is 7.05. The molecule has 0 aliphatic carbocycles. The summed E-state index contributed by atoms with van der Waals surface area (Å²) in [6, 6.07) is 15.0. The van der Waals surface area contributed by atoms with Crippen LogP contribution in [0.3, 0.4) is 0 Å². The van der Waals surface area contributed by atoms with Gasteiger partial charge in [0.15, 0.2) is 11.4 Å². The Balaban J connectivity index is 2.08. The second-order valence-corrected chi connectivity index (χ2v) is 5.83. The average Bonchev–Trinajstić information content (AvgIpc) is 2.56. The van der Waals surface area contributed by atoms with Crippen LogP contribution in [0.1, 0.15) is 12.5 Å². The van der Waals surface area contributed by atoms with Crippen LogP contribution in [0.2, 0.25) is 5.02 Å². The molecule has 6 heteroatoms. The van der Waals surface area contributed by atoms with Gasteiger partial charge in [-0.3, -0.25) is 5.32 Å². The summed E-state index contributed by atoms with van der Waals surface area (Å²) in [5.74, 6) is 1.43. The second-order valence-electron chi connectivity index (χ2n) is 4.46. The normalized spacial score (nSPS) is 10.9. The molecule has 0 aliphatic rings. The largest absolute Gasteiger partial charge is 0.494 e. The van der Waals surface area contributed by atoms with Gasteiger partial charge in [0.1, 0.15) is 5.75 Å². The molecule has 0 aromatic heterocycles. The zero-order valence-electron chi connectivity index (χ0n) is 12.6. The third kappa shape index (κ3) is 5.51. The Bertz CT molecular complexity index is 711. The van der Waals surface area contributed by atoms with E-state index in [1.54, 1.807) is 0 Å². The molecule has 118 valence electrons. The number of nitrogens with one attached hydrogen (secondary N) is 1. The van der Waals surface area contributed by atoms with Crippen LogP contribution in [0.4, 0.5) is 5.69 Å². The summed E-state index contributed by atoms with van der Waals surface area (Å²) in [6.07, 6.45) is 1.91. The van der Waals surface area contributed by atoms with Gasteiger partial charge in [0.2, 0.25) is 0 Å². The van der Waals surface area contributed by atoms with Crippen LogP contribution in [0.5, 0.6) is 5.75 Å². The molecule has 2 aromatic carbocycles. The number of ether oxygens (including phenoxy) is 1. The Morgan fingerprint density at radius 1 is 1.26 bits per heavy atom. The van der Waals surface area contributed by atoms with Crippen LogP contribution in [-0.2, 0) is 5.75 Å². The predicted octanol–water partition coefficient (Wildman–Crippen LogP) is 4.73. The first-order valence-corrected chi connectivity index (χ1v) is 8.42. The molecule has 4 nitrogen and oxygen atoms in total. The van der Waals surface area contributed by atoms with E-state index in [4.69, 9.17) is 21.6 Å². The maximum absolute atomic E-state index is 8.88. The lowest BCUT2D eigenvalue weighted by atomic mass is 10.2. The standard InChI is InChI=1S/C17H16ClN3OS/c1-2-22-15-9-7-14(8-10-15)21-17(20-12-19)23-11-13-5-3-4-6-16(13)18/h3-10H,2,11H2,1H3,(H,20,21). The van der Waals surface area contributed by atoms with E-state index in [9.17, 15) is 0 Å². The van der Waals surface area contributed by atoms with E-state index in [-0.39, 0.29) is 0 Å². The van der Waals surface area contributed by atoms with Crippen LogP contribution in [0.25, 0.3) is 0 Å². The van der Waals surface area contributed by atoms with Crippen molar-refractivity contribution in [1.82, 2.24) is 5.32 Å². The van der Waals surface area contributed by atoms with Crippen molar-refractivity contribution in [3.8, 4) is 11.9 Å². The van der Waals surface area contributed by atoms with Gasteiger partial charge in [-0.2, -0.15) is 5.26 Å². The Kier molecular flexibility index (Phi) is 6.79. The van der Waals surface area contributed by atoms with Crippen molar-refractivity contribution in [1.29, 1.82) is 5.26 Å². The molecule has 0 spiro atoms. The first kappa shape index (κ1) is 17.2. The molecule has 0 atom stereocenters. The third-order valence-electron chi connectivity index (χ3n) is 2.86. The van der Waals surface area contributed by atoms with E-state index >= 15 is 0 Å². The monoisotopic (exact) mass is 345 g/mol. The fourth-order valence-electron chi connectivity index (χ4n) is 1.81. The summed E-state index contributed by atoms with van der Waals surface area (Å²) >= 11 is 7.56. The maximum Gasteiger partial charge on any atom is 0.183 e. The number of hydrogen-bond donors (Lipinski definition) is 1. The van der Waals surface area contributed by atoms with Crippen molar-refractivity contribution in [2.75, 3.05) is 6.61 Å². The number of nitriles is 1. The SMILES string of the molecule is CCOc1ccc(N=C(NC#N)SCc2ccccc2Cl)cc1. The number of halogens is 1. The summed E-state index contributed by atoms with van der Waals surface area (Å²) in [6.45, 7) is 2.56. The minimum atomic E-state index is 0.525. The zero-order chi connectivity index (χ0) is 16.5. The minimum absolute atomic E-state index is 0.525. The summed E-state index contributed by atoms with van der Waals surface area (Å²) in [5.41, 5.74) is 1.75. The van der Waals surface area contributed by atoms with Crippen LogP contribution < -0.4 is 10.1 Å². The number of amidine groups is 1. The van der Waals surface area contributed by atoms with Crippen molar-refractivity contribution < 1.29 is 4.74 Å². The van der Waals surface area contributed by atoms with Gasteiger partial charge in [-0.25, -0.2) is 4.99 Å². The molecule has 0 saturated carbocycles. The van der Waals surface area contributed by atoms with E-state index in [0.29, 0.717) is 22.6 Å². The average molecular weight is 346 g/mol. The minimum Gasteiger partial charge on any atom is -0.494 e. The van der Waals surface area contributed by atoms with Crippen molar-refractivity contribution in [2.24, 2.45) is 4.99 Å². The highest BCUT2D eigenvalue weighted by Gasteiger charge is 2.04. The van der Waals surface area contributed by atoms with Gasteiger partial charge in [0.05, 0.1) is 12.3 Å². The van der Waals surface area contributed by atoms with Gasteiger partial charge in [-0.1, -0.05) is 41.6 Å². The van der Waals surface area contributed by atoms with Crippen LogP contribution in [0.15, 0.2) is 53.5 Å². The van der Waals surface area contributed by atoms with Gasteiger partial charge >= 0.3 is 0 Å². The predicted molar refractivity (Wildman–Crippen MR) is 96.2 cm³/mol. The molecule has 0 heterocycles. The molecule has 0 unspecified atom stereocenters. The summed E-state index contributed by atoms with van der Waals surface area (Å²) in [5, 5.41) is 12.7. The molecule has 0 bridgehead atoms. The van der Waals surface area contributed by atoms with E-state index in [1.807, 2.05) is 61.6 Å². The van der Waals surface area contributed by atoms with Crippen molar-refractivity contribution in [3.63, 3.8) is 0 Å².